The van der Waals surface area contributed by atoms with E-state index in [1.165, 1.54) is 0 Å². The third kappa shape index (κ3) is 3.99. The summed E-state index contributed by atoms with van der Waals surface area (Å²) >= 11 is 0. The highest BCUT2D eigenvalue weighted by atomic mass is 16.6. The number of aromatic nitrogens is 4. The zero-order chi connectivity index (χ0) is 22.5. The number of rotatable bonds is 3. The zero-order valence-corrected chi connectivity index (χ0v) is 18.6. The van der Waals surface area contributed by atoms with Crippen LogP contribution in [0.1, 0.15) is 64.3 Å². The molecular formula is C23H27N5O4. The number of likely N-dealkylation sites (tertiary alicyclic amines) is 1. The summed E-state index contributed by atoms with van der Waals surface area (Å²) in [5, 5.41) is 9.69. The molecule has 9 nitrogen and oxygen atoms in total. The molecule has 3 heterocycles. The molecule has 1 saturated heterocycles. The summed E-state index contributed by atoms with van der Waals surface area (Å²) in [5.74, 6) is 1.52. The largest absolute Gasteiger partial charge is 0.444 e. The van der Waals surface area contributed by atoms with Crippen LogP contribution in [-0.4, -0.2) is 55.4 Å². The monoisotopic (exact) mass is 437 g/mol. The van der Waals surface area contributed by atoms with E-state index >= 15 is 0 Å². The Kier molecular flexibility index (Phi) is 4.98. The van der Waals surface area contributed by atoms with Gasteiger partial charge in [-0.2, -0.15) is 10.1 Å². The molecule has 9 heteroatoms. The smallest absolute Gasteiger partial charge is 0.410 e. The number of hydrogen-bond donors (Lipinski definition) is 0. The average Bonchev–Trinajstić information content (AvgIpc) is 3.37. The number of hydrogen-bond acceptors (Lipinski definition) is 7. The topological polar surface area (TPSA) is 103 Å². The molecule has 5 rings (SSSR count). The maximum absolute atomic E-state index is 12.3. The molecular weight excluding hydrogens is 410 g/mol. The number of benzene rings is 1. The first kappa shape index (κ1) is 20.7. The van der Waals surface area contributed by atoms with Crippen molar-refractivity contribution < 1.29 is 18.8 Å². The molecule has 1 aliphatic heterocycles. The standard InChI is InChI=1S/C23H27N5O4/c1-23(2,3)31-22(30)27-8-6-14(7-9-27)21-25-20(26-32-21)15-4-5-16-13-24-28(19(16)10-15)17-11-18(29)12-17/h4-5,10,13-14,17H,6-9,11-12H2,1-3H3. The van der Waals surface area contributed by atoms with E-state index in [2.05, 4.69) is 15.2 Å². The van der Waals surface area contributed by atoms with Gasteiger partial charge in [-0.3, -0.25) is 9.48 Å². The van der Waals surface area contributed by atoms with Crippen molar-refractivity contribution in [1.29, 1.82) is 0 Å². The second kappa shape index (κ2) is 7.72. The number of amides is 1. The van der Waals surface area contributed by atoms with Crippen LogP contribution in [0.3, 0.4) is 0 Å². The fourth-order valence-corrected chi connectivity index (χ4v) is 4.26. The normalized spacial score (nSPS) is 18.2. The molecule has 0 bridgehead atoms. The highest BCUT2D eigenvalue weighted by molar-refractivity contribution is 5.87. The molecule has 1 saturated carbocycles. The number of ether oxygens (including phenoxy) is 1. The second-order valence-corrected chi connectivity index (χ2v) is 9.66. The van der Waals surface area contributed by atoms with E-state index in [1.54, 1.807) is 4.90 Å². The molecule has 1 amide bonds. The van der Waals surface area contributed by atoms with Crippen LogP contribution in [0, 0.1) is 0 Å². The van der Waals surface area contributed by atoms with Gasteiger partial charge in [0, 0.05) is 42.8 Å². The van der Waals surface area contributed by atoms with Crippen LogP contribution in [0.15, 0.2) is 28.9 Å². The van der Waals surface area contributed by atoms with E-state index < -0.39 is 5.60 Å². The van der Waals surface area contributed by atoms with Crippen molar-refractivity contribution in [3.8, 4) is 11.4 Å². The minimum Gasteiger partial charge on any atom is -0.444 e. The fourth-order valence-electron chi connectivity index (χ4n) is 4.26. The van der Waals surface area contributed by atoms with Crippen molar-refractivity contribution in [1.82, 2.24) is 24.8 Å². The van der Waals surface area contributed by atoms with Crippen LogP contribution < -0.4 is 0 Å². The van der Waals surface area contributed by atoms with E-state index in [9.17, 15) is 9.59 Å². The van der Waals surface area contributed by atoms with E-state index in [-0.39, 0.29) is 23.8 Å². The number of carbonyl (C=O) groups is 2. The summed E-state index contributed by atoms with van der Waals surface area (Å²) in [7, 11) is 0. The minimum atomic E-state index is -0.500. The lowest BCUT2D eigenvalue weighted by molar-refractivity contribution is -0.126. The number of Topliss-reactive ketones (excluding diaryl/α,β-unsaturated/α-hetero) is 1. The summed E-state index contributed by atoms with van der Waals surface area (Å²) < 4.78 is 13.0. The first-order valence-corrected chi connectivity index (χ1v) is 11.1. The molecule has 0 radical (unpaired) electrons. The lowest BCUT2D eigenvalue weighted by atomic mass is 9.91. The van der Waals surface area contributed by atoms with Gasteiger partial charge >= 0.3 is 6.09 Å². The van der Waals surface area contributed by atoms with Gasteiger partial charge in [-0.05, 0) is 39.7 Å². The zero-order valence-electron chi connectivity index (χ0n) is 18.6. The van der Waals surface area contributed by atoms with Crippen LogP contribution >= 0.6 is 0 Å². The molecule has 0 spiro atoms. The summed E-state index contributed by atoms with van der Waals surface area (Å²) in [6.07, 6.45) is 4.12. The van der Waals surface area contributed by atoms with Gasteiger partial charge in [0.25, 0.3) is 0 Å². The van der Waals surface area contributed by atoms with Gasteiger partial charge in [-0.15, -0.1) is 0 Å². The Morgan fingerprint density at radius 3 is 2.62 bits per heavy atom. The van der Waals surface area contributed by atoms with Crippen LogP contribution in [0.2, 0.25) is 0 Å². The van der Waals surface area contributed by atoms with Gasteiger partial charge in [0.1, 0.15) is 11.4 Å². The van der Waals surface area contributed by atoms with Crippen molar-refractivity contribution in [2.45, 2.75) is 64.0 Å². The summed E-state index contributed by atoms with van der Waals surface area (Å²) in [4.78, 5) is 30.1. The summed E-state index contributed by atoms with van der Waals surface area (Å²) in [6, 6.07) is 6.08. The van der Waals surface area contributed by atoms with E-state index in [0.717, 1.165) is 29.3 Å². The number of nitrogens with zero attached hydrogens (tertiary/aromatic N) is 5. The maximum Gasteiger partial charge on any atom is 0.410 e. The van der Waals surface area contributed by atoms with Gasteiger partial charge in [0.2, 0.25) is 11.7 Å². The van der Waals surface area contributed by atoms with Gasteiger partial charge < -0.3 is 14.2 Å². The number of carbonyl (C=O) groups excluding carboxylic acids is 2. The predicted molar refractivity (Wildman–Crippen MR) is 116 cm³/mol. The van der Waals surface area contributed by atoms with Crippen molar-refractivity contribution in [2.75, 3.05) is 13.1 Å². The third-order valence-corrected chi connectivity index (χ3v) is 6.07. The fraction of sp³-hybridized carbons (Fsp3) is 0.522. The summed E-state index contributed by atoms with van der Waals surface area (Å²) in [6.45, 7) is 6.81. The number of piperidine rings is 1. The molecule has 2 aliphatic rings. The lowest BCUT2D eigenvalue weighted by Gasteiger charge is -2.32. The first-order chi connectivity index (χ1) is 15.3. The second-order valence-electron chi connectivity index (χ2n) is 9.66. The third-order valence-electron chi connectivity index (χ3n) is 6.07. The molecule has 0 unspecified atom stereocenters. The predicted octanol–water partition coefficient (Wildman–Crippen LogP) is 4.10. The molecule has 0 atom stereocenters. The molecule has 168 valence electrons. The summed E-state index contributed by atoms with van der Waals surface area (Å²) in [5.41, 5.74) is 1.32. The van der Waals surface area contributed by atoms with Gasteiger partial charge in [0.05, 0.1) is 17.8 Å². The van der Waals surface area contributed by atoms with Crippen molar-refractivity contribution in [3.05, 3.63) is 30.3 Å². The van der Waals surface area contributed by atoms with Gasteiger partial charge in [-0.25, -0.2) is 4.79 Å². The highest BCUT2D eigenvalue weighted by Gasteiger charge is 2.31. The number of fused-ring (bicyclic) bond motifs is 1. The Hall–Kier alpha value is -3.23. The van der Waals surface area contributed by atoms with E-state index in [4.69, 9.17) is 9.26 Å². The van der Waals surface area contributed by atoms with Crippen LogP contribution in [0.5, 0.6) is 0 Å². The van der Waals surface area contributed by atoms with E-state index in [1.807, 2.05) is 49.8 Å². The Balaban J connectivity index is 1.28. The molecule has 2 aromatic heterocycles. The lowest BCUT2D eigenvalue weighted by Crippen LogP contribution is -2.41. The molecule has 3 aromatic rings. The SMILES string of the molecule is CC(C)(C)OC(=O)N1CCC(c2nc(-c3ccc4cnn(C5CC(=O)C5)c4c3)no2)CC1. The molecule has 32 heavy (non-hydrogen) atoms. The van der Waals surface area contributed by atoms with Crippen LogP contribution in [0.4, 0.5) is 4.79 Å². The van der Waals surface area contributed by atoms with Crippen LogP contribution in [0.25, 0.3) is 22.3 Å². The number of ketones is 1. The van der Waals surface area contributed by atoms with Crippen molar-refractivity contribution in [3.63, 3.8) is 0 Å². The van der Waals surface area contributed by atoms with Crippen molar-refractivity contribution in [2.24, 2.45) is 0 Å². The van der Waals surface area contributed by atoms with Crippen molar-refractivity contribution >= 4 is 22.8 Å². The molecule has 0 N–H and O–H groups in total. The quantitative estimate of drug-likeness (QED) is 0.607. The Bertz CT molecular complexity index is 1160. The highest BCUT2D eigenvalue weighted by Crippen LogP contribution is 2.33. The Morgan fingerprint density at radius 2 is 1.94 bits per heavy atom. The molecule has 1 aromatic carbocycles. The van der Waals surface area contributed by atoms with Crippen LogP contribution in [-0.2, 0) is 9.53 Å². The molecule has 2 fully saturated rings. The van der Waals surface area contributed by atoms with E-state index in [0.29, 0.717) is 37.6 Å². The Morgan fingerprint density at radius 1 is 1.19 bits per heavy atom. The average molecular weight is 438 g/mol. The molecule has 1 aliphatic carbocycles. The first-order valence-electron chi connectivity index (χ1n) is 11.1. The van der Waals surface area contributed by atoms with Gasteiger partial charge in [0.15, 0.2) is 0 Å². The maximum atomic E-state index is 12.3. The Labute approximate surface area is 185 Å². The van der Waals surface area contributed by atoms with Gasteiger partial charge in [-0.1, -0.05) is 17.3 Å². The minimum absolute atomic E-state index is 0.116.